The highest BCUT2D eigenvalue weighted by atomic mass is 16.3. The lowest BCUT2D eigenvalue weighted by atomic mass is 10.1. The van der Waals surface area contributed by atoms with Crippen LogP contribution in [0.3, 0.4) is 0 Å². The van der Waals surface area contributed by atoms with Crippen LogP contribution in [0, 0.1) is 0 Å². The summed E-state index contributed by atoms with van der Waals surface area (Å²) in [6.07, 6.45) is 1.56. The Kier molecular flexibility index (Phi) is 4.93. The molecular formula is C18H23N3O. The third-order valence-electron chi connectivity index (χ3n) is 4.08. The maximum absolute atomic E-state index is 9.66. The van der Waals surface area contributed by atoms with E-state index in [1.807, 2.05) is 30.3 Å². The number of para-hydroxylation sites is 2. The number of piperidine rings is 1. The maximum atomic E-state index is 9.66. The van der Waals surface area contributed by atoms with E-state index in [9.17, 15) is 5.11 Å². The Labute approximate surface area is 131 Å². The van der Waals surface area contributed by atoms with Gasteiger partial charge < -0.3 is 15.4 Å². The third kappa shape index (κ3) is 3.78. The number of nitrogens with one attached hydrogen (secondary N) is 2. The van der Waals surface area contributed by atoms with Crippen molar-refractivity contribution in [2.45, 2.75) is 25.5 Å². The van der Waals surface area contributed by atoms with Crippen molar-refractivity contribution in [3.05, 3.63) is 60.2 Å². The number of hydrogen-bond donors (Lipinski definition) is 3. The first-order valence-electron chi connectivity index (χ1n) is 7.88. The van der Waals surface area contributed by atoms with E-state index in [4.69, 9.17) is 0 Å². The first-order valence-corrected chi connectivity index (χ1v) is 7.88. The predicted molar refractivity (Wildman–Crippen MR) is 90.8 cm³/mol. The molecule has 4 heteroatoms. The topological polar surface area (TPSA) is 47.5 Å². The van der Waals surface area contributed by atoms with Crippen molar-refractivity contribution >= 4 is 11.4 Å². The summed E-state index contributed by atoms with van der Waals surface area (Å²) in [6, 6.07) is 18.6. The zero-order chi connectivity index (χ0) is 15.2. The summed E-state index contributed by atoms with van der Waals surface area (Å²) in [7, 11) is 0. The molecule has 3 N–H and O–H groups in total. The lowest BCUT2D eigenvalue weighted by Crippen LogP contribution is -2.36. The van der Waals surface area contributed by atoms with Crippen molar-refractivity contribution in [3.8, 4) is 0 Å². The number of benzene rings is 2. The SMILES string of the molecule is OC1CCN(c2ccccc2CNNc2ccccc2)CC1. The molecule has 0 saturated carbocycles. The molecular weight excluding hydrogens is 274 g/mol. The van der Waals surface area contributed by atoms with E-state index in [0.29, 0.717) is 0 Å². The standard InChI is InChI=1S/C18H23N3O/c22-17-10-12-21(13-11-17)18-9-5-4-6-15(18)14-19-20-16-7-2-1-3-8-16/h1-9,17,19-20,22H,10-14H2. The number of nitrogens with zero attached hydrogens (tertiary/aromatic N) is 1. The van der Waals surface area contributed by atoms with E-state index < -0.39 is 0 Å². The average molecular weight is 297 g/mol. The fourth-order valence-corrected chi connectivity index (χ4v) is 2.84. The van der Waals surface area contributed by atoms with Gasteiger partial charge in [-0.05, 0) is 36.6 Å². The van der Waals surface area contributed by atoms with Crippen LogP contribution in [0.15, 0.2) is 54.6 Å². The molecule has 1 aliphatic rings. The van der Waals surface area contributed by atoms with Crippen LogP contribution in [0.1, 0.15) is 18.4 Å². The minimum absolute atomic E-state index is 0.138. The fraction of sp³-hybridized carbons (Fsp3) is 0.333. The van der Waals surface area contributed by atoms with Crippen molar-refractivity contribution in [1.82, 2.24) is 5.43 Å². The molecule has 0 aromatic heterocycles. The quantitative estimate of drug-likeness (QED) is 0.743. The molecule has 0 atom stereocenters. The molecule has 1 heterocycles. The van der Waals surface area contributed by atoms with Crippen LogP contribution in [-0.4, -0.2) is 24.3 Å². The van der Waals surface area contributed by atoms with E-state index in [-0.39, 0.29) is 6.10 Å². The van der Waals surface area contributed by atoms with Crippen LogP contribution in [0.2, 0.25) is 0 Å². The number of hydrogen-bond acceptors (Lipinski definition) is 4. The van der Waals surface area contributed by atoms with Gasteiger partial charge in [0, 0.05) is 31.0 Å². The summed E-state index contributed by atoms with van der Waals surface area (Å²) in [5.74, 6) is 0. The Morgan fingerprint density at radius 1 is 0.955 bits per heavy atom. The molecule has 116 valence electrons. The second-order valence-electron chi connectivity index (χ2n) is 5.69. The zero-order valence-electron chi connectivity index (χ0n) is 12.7. The summed E-state index contributed by atoms with van der Waals surface area (Å²) in [5, 5.41) is 9.66. The van der Waals surface area contributed by atoms with Gasteiger partial charge in [-0.3, -0.25) is 0 Å². The van der Waals surface area contributed by atoms with Gasteiger partial charge in [0.05, 0.1) is 6.10 Å². The molecule has 1 saturated heterocycles. The highest BCUT2D eigenvalue weighted by Gasteiger charge is 2.18. The van der Waals surface area contributed by atoms with Gasteiger partial charge in [-0.15, -0.1) is 0 Å². The smallest absolute Gasteiger partial charge is 0.0574 e. The van der Waals surface area contributed by atoms with E-state index in [1.165, 1.54) is 11.3 Å². The van der Waals surface area contributed by atoms with Gasteiger partial charge in [-0.25, -0.2) is 5.43 Å². The van der Waals surface area contributed by atoms with Gasteiger partial charge in [0.15, 0.2) is 0 Å². The van der Waals surface area contributed by atoms with Crippen molar-refractivity contribution in [1.29, 1.82) is 0 Å². The fourth-order valence-electron chi connectivity index (χ4n) is 2.84. The monoisotopic (exact) mass is 297 g/mol. The first-order chi connectivity index (χ1) is 10.8. The Hall–Kier alpha value is -2.04. The molecule has 3 rings (SSSR count). The number of aliphatic hydroxyl groups is 1. The third-order valence-corrected chi connectivity index (χ3v) is 4.08. The van der Waals surface area contributed by atoms with Crippen LogP contribution < -0.4 is 15.8 Å². The van der Waals surface area contributed by atoms with Gasteiger partial charge in [0.2, 0.25) is 0 Å². The zero-order valence-corrected chi connectivity index (χ0v) is 12.7. The molecule has 1 aliphatic heterocycles. The minimum atomic E-state index is -0.138. The molecule has 0 amide bonds. The molecule has 22 heavy (non-hydrogen) atoms. The van der Waals surface area contributed by atoms with Gasteiger partial charge in [0.1, 0.15) is 0 Å². The Morgan fingerprint density at radius 2 is 1.64 bits per heavy atom. The highest BCUT2D eigenvalue weighted by molar-refractivity contribution is 5.54. The molecule has 2 aromatic rings. The van der Waals surface area contributed by atoms with Crippen molar-refractivity contribution in [2.75, 3.05) is 23.4 Å². The molecule has 0 spiro atoms. The summed E-state index contributed by atoms with van der Waals surface area (Å²) >= 11 is 0. The van der Waals surface area contributed by atoms with Crippen LogP contribution in [-0.2, 0) is 6.54 Å². The van der Waals surface area contributed by atoms with E-state index in [0.717, 1.165) is 38.2 Å². The first kappa shape index (κ1) is 14.9. The number of rotatable bonds is 5. The largest absolute Gasteiger partial charge is 0.393 e. The molecule has 0 unspecified atom stereocenters. The van der Waals surface area contributed by atoms with Crippen LogP contribution in [0.4, 0.5) is 11.4 Å². The van der Waals surface area contributed by atoms with Gasteiger partial charge in [-0.2, -0.15) is 0 Å². The van der Waals surface area contributed by atoms with E-state index in [2.05, 4.69) is 40.0 Å². The molecule has 2 aromatic carbocycles. The molecule has 4 nitrogen and oxygen atoms in total. The van der Waals surface area contributed by atoms with E-state index in [1.54, 1.807) is 0 Å². The van der Waals surface area contributed by atoms with Crippen molar-refractivity contribution < 1.29 is 5.11 Å². The van der Waals surface area contributed by atoms with Crippen molar-refractivity contribution in [2.24, 2.45) is 0 Å². The summed E-state index contributed by atoms with van der Waals surface area (Å²) in [5.41, 5.74) is 10.1. The number of hydrazine groups is 1. The second kappa shape index (κ2) is 7.29. The number of aliphatic hydroxyl groups excluding tert-OH is 1. The summed E-state index contributed by atoms with van der Waals surface area (Å²) < 4.78 is 0. The lowest BCUT2D eigenvalue weighted by molar-refractivity contribution is 0.145. The Balaban J connectivity index is 1.61. The van der Waals surface area contributed by atoms with Crippen LogP contribution in [0.5, 0.6) is 0 Å². The Bertz CT molecular complexity index is 580. The average Bonchev–Trinajstić information content (AvgIpc) is 2.57. The normalized spacial score (nSPS) is 15.8. The molecule has 0 radical (unpaired) electrons. The van der Waals surface area contributed by atoms with Crippen molar-refractivity contribution in [3.63, 3.8) is 0 Å². The van der Waals surface area contributed by atoms with E-state index >= 15 is 0 Å². The van der Waals surface area contributed by atoms with Crippen LogP contribution >= 0.6 is 0 Å². The minimum Gasteiger partial charge on any atom is -0.393 e. The summed E-state index contributed by atoms with van der Waals surface area (Å²) in [4.78, 5) is 2.37. The van der Waals surface area contributed by atoms with Gasteiger partial charge in [-0.1, -0.05) is 36.4 Å². The second-order valence-corrected chi connectivity index (χ2v) is 5.69. The Morgan fingerprint density at radius 3 is 2.41 bits per heavy atom. The number of anilines is 2. The van der Waals surface area contributed by atoms with Crippen LogP contribution in [0.25, 0.3) is 0 Å². The lowest BCUT2D eigenvalue weighted by Gasteiger charge is -2.33. The highest BCUT2D eigenvalue weighted by Crippen LogP contribution is 2.24. The predicted octanol–water partition coefficient (Wildman–Crippen LogP) is 2.76. The molecule has 0 aliphatic carbocycles. The maximum Gasteiger partial charge on any atom is 0.0574 e. The molecule has 0 bridgehead atoms. The summed E-state index contributed by atoms with van der Waals surface area (Å²) in [6.45, 7) is 2.60. The molecule has 1 fully saturated rings. The van der Waals surface area contributed by atoms with Gasteiger partial charge in [0.25, 0.3) is 0 Å². The van der Waals surface area contributed by atoms with Gasteiger partial charge >= 0.3 is 0 Å².